The quantitative estimate of drug-likeness (QED) is 0.610. The SMILES string of the molecule is CCCc1cc(N2CCN(C(=O)c3cccc(S(C)(=O)=O)c3)CC2)c2ccccc2n1. The molecule has 0 bridgehead atoms. The molecule has 0 atom stereocenters. The second-order valence-electron chi connectivity index (χ2n) is 7.98. The summed E-state index contributed by atoms with van der Waals surface area (Å²) in [6.07, 6.45) is 3.13. The Balaban J connectivity index is 1.54. The highest BCUT2D eigenvalue weighted by Gasteiger charge is 2.24. The number of carbonyl (C=O) groups excluding carboxylic acids is 1. The Morgan fingerprint density at radius 1 is 1.00 bits per heavy atom. The van der Waals surface area contributed by atoms with Crippen LogP contribution in [-0.4, -0.2) is 56.6 Å². The molecule has 1 aliphatic rings. The number of aromatic nitrogens is 1. The lowest BCUT2D eigenvalue weighted by molar-refractivity contribution is 0.0746. The highest BCUT2D eigenvalue weighted by molar-refractivity contribution is 7.90. The van der Waals surface area contributed by atoms with E-state index < -0.39 is 9.84 Å². The Morgan fingerprint density at radius 3 is 2.45 bits per heavy atom. The van der Waals surface area contributed by atoms with Gasteiger partial charge in [-0.2, -0.15) is 0 Å². The molecule has 2 aromatic carbocycles. The van der Waals surface area contributed by atoms with Crippen LogP contribution in [0.3, 0.4) is 0 Å². The third-order valence-electron chi connectivity index (χ3n) is 5.67. The number of pyridine rings is 1. The molecule has 1 amide bonds. The van der Waals surface area contributed by atoms with Crippen molar-refractivity contribution in [3.8, 4) is 0 Å². The summed E-state index contributed by atoms with van der Waals surface area (Å²) in [7, 11) is -3.35. The van der Waals surface area contributed by atoms with Crippen molar-refractivity contribution in [1.82, 2.24) is 9.88 Å². The number of hydrogen-bond acceptors (Lipinski definition) is 5. The van der Waals surface area contributed by atoms with Gasteiger partial charge in [-0.3, -0.25) is 9.78 Å². The van der Waals surface area contributed by atoms with E-state index in [2.05, 4.69) is 24.0 Å². The molecular weight excluding hydrogens is 410 g/mol. The molecule has 0 saturated carbocycles. The Hall–Kier alpha value is -2.93. The van der Waals surface area contributed by atoms with Gasteiger partial charge in [-0.05, 0) is 36.8 Å². The first kappa shape index (κ1) is 21.3. The fourth-order valence-corrected chi connectivity index (χ4v) is 4.72. The van der Waals surface area contributed by atoms with Crippen molar-refractivity contribution >= 4 is 32.3 Å². The molecule has 1 aromatic heterocycles. The number of aryl methyl sites for hydroxylation is 1. The van der Waals surface area contributed by atoms with E-state index in [-0.39, 0.29) is 10.8 Å². The molecule has 4 rings (SSSR count). The summed E-state index contributed by atoms with van der Waals surface area (Å²) in [4.78, 5) is 22.1. The maximum Gasteiger partial charge on any atom is 0.254 e. The summed E-state index contributed by atoms with van der Waals surface area (Å²) in [5.41, 5.74) is 3.67. The number of fused-ring (bicyclic) bond motifs is 1. The minimum Gasteiger partial charge on any atom is -0.367 e. The van der Waals surface area contributed by atoms with E-state index >= 15 is 0 Å². The first-order valence-corrected chi connectivity index (χ1v) is 12.5. The summed E-state index contributed by atoms with van der Waals surface area (Å²) in [6.45, 7) is 4.76. The van der Waals surface area contributed by atoms with Gasteiger partial charge in [-0.1, -0.05) is 37.6 Å². The largest absolute Gasteiger partial charge is 0.367 e. The van der Waals surface area contributed by atoms with Crippen molar-refractivity contribution in [2.24, 2.45) is 0 Å². The molecule has 0 aliphatic carbocycles. The third kappa shape index (κ3) is 4.56. The van der Waals surface area contributed by atoms with E-state index in [9.17, 15) is 13.2 Å². The molecule has 6 nitrogen and oxygen atoms in total. The smallest absolute Gasteiger partial charge is 0.254 e. The summed E-state index contributed by atoms with van der Waals surface area (Å²) >= 11 is 0. The van der Waals surface area contributed by atoms with Gasteiger partial charge in [0.15, 0.2) is 9.84 Å². The fraction of sp³-hybridized carbons (Fsp3) is 0.333. The van der Waals surface area contributed by atoms with Gasteiger partial charge >= 0.3 is 0 Å². The highest BCUT2D eigenvalue weighted by Crippen LogP contribution is 2.28. The van der Waals surface area contributed by atoms with E-state index in [0.29, 0.717) is 18.7 Å². The highest BCUT2D eigenvalue weighted by atomic mass is 32.2. The van der Waals surface area contributed by atoms with Crippen LogP contribution in [0.4, 0.5) is 5.69 Å². The maximum absolute atomic E-state index is 13.0. The predicted octanol–water partition coefficient (Wildman–Crippen LogP) is 3.55. The predicted molar refractivity (Wildman–Crippen MR) is 123 cm³/mol. The van der Waals surface area contributed by atoms with Crippen LogP contribution >= 0.6 is 0 Å². The van der Waals surface area contributed by atoms with Crippen LogP contribution in [-0.2, 0) is 16.3 Å². The second-order valence-corrected chi connectivity index (χ2v) is 9.99. The number of para-hydroxylation sites is 1. The molecule has 1 fully saturated rings. The van der Waals surface area contributed by atoms with E-state index in [1.165, 1.54) is 17.8 Å². The van der Waals surface area contributed by atoms with Crippen molar-refractivity contribution in [3.63, 3.8) is 0 Å². The zero-order valence-corrected chi connectivity index (χ0v) is 18.7. The number of nitrogens with zero attached hydrogens (tertiary/aromatic N) is 3. The van der Waals surface area contributed by atoms with E-state index in [4.69, 9.17) is 4.98 Å². The molecule has 0 radical (unpaired) electrons. The number of rotatable bonds is 5. The fourth-order valence-electron chi connectivity index (χ4n) is 4.05. The first-order valence-electron chi connectivity index (χ1n) is 10.6. The summed E-state index contributed by atoms with van der Waals surface area (Å²) in [6, 6.07) is 16.7. The van der Waals surface area contributed by atoms with Gasteiger partial charge in [0.05, 0.1) is 10.4 Å². The zero-order chi connectivity index (χ0) is 22.0. The average Bonchev–Trinajstić information content (AvgIpc) is 2.78. The average molecular weight is 438 g/mol. The summed E-state index contributed by atoms with van der Waals surface area (Å²) in [5, 5.41) is 1.13. The van der Waals surface area contributed by atoms with Crippen molar-refractivity contribution in [3.05, 3.63) is 65.9 Å². The van der Waals surface area contributed by atoms with Gasteiger partial charge in [-0.25, -0.2) is 8.42 Å². The molecule has 1 aliphatic heterocycles. The van der Waals surface area contributed by atoms with Crippen LogP contribution in [0.5, 0.6) is 0 Å². The monoisotopic (exact) mass is 437 g/mol. The lowest BCUT2D eigenvalue weighted by Crippen LogP contribution is -2.48. The lowest BCUT2D eigenvalue weighted by atomic mass is 10.1. The minimum atomic E-state index is -3.35. The first-order chi connectivity index (χ1) is 14.9. The van der Waals surface area contributed by atoms with Crippen molar-refractivity contribution in [2.45, 2.75) is 24.7 Å². The van der Waals surface area contributed by atoms with E-state index in [1.54, 1.807) is 17.0 Å². The Bertz CT molecular complexity index is 1220. The van der Waals surface area contributed by atoms with Crippen LogP contribution in [0.15, 0.2) is 59.5 Å². The zero-order valence-electron chi connectivity index (χ0n) is 17.9. The molecule has 162 valence electrons. The van der Waals surface area contributed by atoms with Crippen molar-refractivity contribution < 1.29 is 13.2 Å². The molecule has 31 heavy (non-hydrogen) atoms. The Kier molecular flexibility index (Phi) is 5.96. The van der Waals surface area contributed by atoms with Gasteiger partial charge in [-0.15, -0.1) is 0 Å². The van der Waals surface area contributed by atoms with Gasteiger partial charge < -0.3 is 9.80 Å². The maximum atomic E-state index is 13.0. The van der Waals surface area contributed by atoms with E-state index in [0.717, 1.165) is 48.8 Å². The molecular formula is C24H27N3O3S. The van der Waals surface area contributed by atoms with Crippen LogP contribution in [0.1, 0.15) is 29.4 Å². The molecule has 3 aromatic rings. The van der Waals surface area contributed by atoms with Gasteiger partial charge in [0.1, 0.15) is 0 Å². The van der Waals surface area contributed by atoms with Crippen molar-refractivity contribution in [2.75, 3.05) is 37.3 Å². The number of carbonyl (C=O) groups is 1. The second kappa shape index (κ2) is 8.67. The van der Waals surface area contributed by atoms with Gasteiger partial charge in [0.25, 0.3) is 5.91 Å². The third-order valence-corrected chi connectivity index (χ3v) is 6.78. The van der Waals surface area contributed by atoms with Crippen LogP contribution in [0.25, 0.3) is 10.9 Å². The minimum absolute atomic E-state index is 0.128. The molecule has 1 saturated heterocycles. The topological polar surface area (TPSA) is 70.6 Å². The summed E-state index contributed by atoms with van der Waals surface area (Å²) in [5.74, 6) is -0.128. The normalized spacial score (nSPS) is 14.8. The summed E-state index contributed by atoms with van der Waals surface area (Å²) < 4.78 is 23.7. The van der Waals surface area contributed by atoms with Crippen LogP contribution in [0, 0.1) is 0 Å². The number of hydrogen-bond donors (Lipinski definition) is 0. The van der Waals surface area contributed by atoms with Gasteiger partial charge in [0, 0.05) is 54.8 Å². The van der Waals surface area contributed by atoms with E-state index in [1.807, 2.05) is 18.2 Å². The van der Waals surface area contributed by atoms with Gasteiger partial charge in [0.2, 0.25) is 0 Å². The molecule has 2 heterocycles. The molecule has 0 N–H and O–H groups in total. The molecule has 0 unspecified atom stereocenters. The number of benzene rings is 2. The molecule has 7 heteroatoms. The van der Waals surface area contributed by atoms with Crippen LogP contribution in [0.2, 0.25) is 0 Å². The number of sulfone groups is 1. The number of amides is 1. The van der Waals surface area contributed by atoms with Crippen molar-refractivity contribution in [1.29, 1.82) is 0 Å². The lowest BCUT2D eigenvalue weighted by Gasteiger charge is -2.36. The standard InChI is InChI=1S/C24H27N3O3S/c1-3-7-19-17-23(21-10-4-5-11-22(21)25-19)26-12-14-27(15-13-26)24(28)18-8-6-9-20(16-18)31(2,29)30/h4-6,8-11,16-17H,3,7,12-15H2,1-2H3. The Labute approximate surface area is 183 Å². The Morgan fingerprint density at radius 2 is 1.74 bits per heavy atom. The number of piperazine rings is 1. The number of anilines is 1. The molecule has 0 spiro atoms. The van der Waals surface area contributed by atoms with Crippen LogP contribution < -0.4 is 4.90 Å².